The zero-order valence-electron chi connectivity index (χ0n) is 27.6. The highest BCUT2D eigenvalue weighted by atomic mass is 16.5. The lowest BCUT2D eigenvalue weighted by Crippen LogP contribution is -2.17. The van der Waals surface area contributed by atoms with Crippen molar-refractivity contribution < 1.29 is 19.4 Å². The summed E-state index contributed by atoms with van der Waals surface area (Å²) in [6.45, 7) is 4.40. The lowest BCUT2D eigenvalue weighted by atomic mass is 10.0. The van der Waals surface area contributed by atoms with Crippen LogP contribution in [0.25, 0.3) is 0 Å². The second-order valence-corrected chi connectivity index (χ2v) is 12.4. The maximum atomic E-state index is 12.3. The van der Waals surface area contributed by atoms with E-state index in [9.17, 15) is 9.59 Å². The van der Waals surface area contributed by atoms with Gasteiger partial charge in [-0.1, -0.05) is 148 Å². The van der Waals surface area contributed by atoms with Crippen molar-refractivity contribution in [3.63, 3.8) is 0 Å². The molecule has 0 aromatic rings. The highest BCUT2D eigenvalue weighted by Gasteiger charge is 2.12. The molecule has 0 aromatic heterocycles. The summed E-state index contributed by atoms with van der Waals surface area (Å²) < 4.78 is 5.75. The maximum absolute atomic E-state index is 12.3. The summed E-state index contributed by atoms with van der Waals surface area (Å²) in [5.74, 6) is -0.679. The topological polar surface area (TPSA) is 63.6 Å². The van der Waals surface area contributed by atoms with E-state index in [0.717, 1.165) is 51.4 Å². The molecule has 0 aliphatic rings. The molecule has 4 heteroatoms. The molecular formula is C37H70O4. The molecular weight excluding hydrogens is 508 g/mol. The van der Waals surface area contributed by atoms with Gasteiger partial charge < -0.3 is 9.84 Å². The Morgan fingerprint density at radius 2 is 0.927 bits per heavy atom. The fourth-order valence-corrected chi connectivity index (χ4v) is 5.52. The number of rotatable bonds is 33. The van der Waals surface area contributed by atoms with Crippen molar-refractivity contribution in [2.75, 3.05) is 0 Å². The Morgan fingerprint density at radius 3 is 1.37 bits per heavy atom. The van der Waals surface area contributed by atoms with Gasteiger partial charge in [0.25, 0.3) is 0 Å². The minimum atomic E-state index is -0.680. The number of esters is 1. The van der Waals surface area contributed by atoms with Crippen molar-refractivity contribution in [1.82, 2.24) is 0 Å². The van der Waals surface area contributed by atoms with E-state index in [1.807, 2.05) is 0 Å². The number of carboxylic acids is 1. The summed E-state index contributed by atoms with van der Waals surface area (Å²) in [6.07, 6.45) is 40.3. The minimum absolute atomic E-state index is 0.000714. The third kappa shape index (κ3) is 33.1. The van der Waals surface area contributed by atoms with Gasteiger partial charge in [0.2, 0.25) is 0 Å². The van der Waals surface area contributed by atoms with E-state index in [1.54, 1.807) is 0 Å². The molecule has 0 spiro atoms. The third-order valence-electron chi connectivity index (χ3n) is 8.31. The quantitative estimate of drug-likeness (QED) is 0.0478. The largest absolute Gasteiger partial charge is 0.481 e. The first-order valence-corrected chi connectivity index (χ1v) is 18.2. The van der Waals surface area contributed by atoms with Gasteiger partial charge in [0.1, 0.15) is 6.10 Å². The molecule has 0 radical (unpaired) electrons. The predicted molar refractivity (Wildman–Crippen MR) is 177 cm³/mol. The van der Waals surface area contributed by atoms with Crippen LogP contribution in [-0.4, -0.2) is 23.1 Å². The Balaban J connectivity index is 3.42. The van der Waals surface area contributed by atoms with Crippen molar-refractivity contribution in [3.8, 4) is 0 Å². The number of ether oxygens (including phenoxy) is 1. The summed E-state index contributed by atoms with van der Waals surface area (Å²) in [7, 11) is 0. The molecule has 0 aromatic carbocycles. The molecule has 242 valence electrons. The van der Waals surface area contributed by atoms with Crippen LogP contribution in [0.4, 0.5) is 0 Å². The summed E-state index contributed by atoms with van der Waals surface area (Å²) in [6, 6.07) is 0. The van der Waals surface area contributed by atoms with Gasteiger partial charge in [0, 0.05) is 12.8 Å². The molecule has 41 heavy (non-hydrogen) atoms. The average Bonchev–Trinajstić information content (AvgIpc) is 2.96. The first kappa shape index (κ1) is 39.7. The zero-order chi connectivity index (χ0) is 30.1. The highest BCUT2D eigenvalue weighted by molar-refractivity contribution is 5.69. The number of carbonyl (C=O) groups excluding carboxylic acids is 1. The van der Waals surface area contributed by atoms with E-state index in [1.165, 1.54) is 128 Å². The van der Waals surface area contributed by atoms with Crippen LogP contribution >= 0.6 is 0 Å². The normalized spacial score (nSPS) is 12.2. The Morgan fingerprint density at radius 1 is 0.537 bits per heavy atom. The Bertz CT molecular complexity index is 585. The number of unbranched alkanes of at least 4 members (excludes halogenated alkanes) is 23. The first-order chi connectivity index (χ1) is 20.1. The molecule has 0 heterocycles. The number of aliphatic carboxylic acids is 1. The second kappa shape index (κ2) is 33.2. The van der Waals surface area contributed by atoms with Crippen molar-refractivity contribution in [2.45, 2.75) is 213 Å². The molecule has 0 saturated heterocycles. The number of hydrogen-bond acceptors (Lipinski definition) is 3. The van der Waals surface area contributed by atoms with Gasteiger partial charge in [-0.2, -0.15) is 0 Å². The molecule has 0 saturated carbocycles. The van der Waals surface area contributed by atoms with Crippen LogP contribution in [-0.2, 0) is 14.3 Å². The van der Waals surface area contributed by atoms with Gasteiger partial charge in [-0.15, -0.1) is 0 Å². The summed E-state index contributed by atoms with van der Waals surface area (Å²) in [5, 5.41) is 8.65. The van der Waals surface area contributed by atoms with Gasteiger partial charge >= 0.3 is 11.9 Å². The summed E-state index contributed by atoms with van der Waals surface area (Å²) >= 11 is 0. The Hall–Kier alpha value is -1.32. The smallest absolute Gasteiger partial charge is 0.306 e. The van der Waals surface area contributed by atoms with E-state index < -0.39 is 5.97 Å². The molecule has 0 aliphatic heterocycles. The third-order valence-corrected chi connectivity index (χ3v) is 8.31. The predicted octanol–water partition coefficient (Wildman–Crippen LogP) is 12.3. The molecule has 0 aliphatic carbocycles. The molecule has 0 fully saturated rings. The van der Waals surface area contributed by atoms with Gasteiger partial charge in [0.05, 0.1) is 0 Å². The SMILES string of the molecule is CCCCCCCC/C=C\CCCCCCCCCCCC(=O)OC(CC)CCCCCCCCCCCC(=O)O. The monoisotopic (exact) mass is 579 g/mol. The lowest BCUT2D eigenvalue weighted by Gasteiger charge is -2.16. The van der Waals surface area contributed by atoms with Gasteiger partial charge in [0.15, 0.2) is 0 Å². The fraction of sp³-hybridized carbons (Fsp3) is 0.892. The van der Waals surface area contributed by atoms with Crippen LogP contribution in [0.2, 0.25) is 0 Å². The van der Waals surface area contributed by atoms with Crippen LogP contribution in [0, 0.1) is 0 Å². The van der Waals surface area contributed by atoms with Crippen LogP contribution in [0.15, 0.2) is 12.2 Å². The lowest BCUT2D eigenvalue weighted by molar-refractivity contribution is -0.149. The second-order valence-electron chi connectivity index (χ2n) is 12.4. The van der Waals surface area contributed by atoms with Crippen LogP contribution in [0.5, 0.6) is 0 Å². The summed E-state index contributed by atoms with van der Waals surface area (Å²) in [5.41, 5.74) is 0. The Labute approximate surface area is 255 Å². The molecule has 1 atom stereocenters. The minimum Gasteiger partial charge on any atom is -0.481 e. The van der Waals surface area contributed by atoms with Crippen molar-refractivity contribution in [1.29, 1.82) is 0 Å². The van der Waals surface area contributed by atoms with E-state index in [0.29, 0.717) is 12.8 Å². The van der Waals surface area contributed by atoms with Gasteiger partial charge in [-0.05, 0) is 57.8 Å². The molecule has 0 amide bonds. The standard InChI is InChI=1S/C37H70O4/c1-3-5-6-7-8-9-10-11-12-13-14-15-16-17-18-22-25-28-31-34-37(40)41-35(4-2)32-29-26-23-20-19-21-24-27-30-33-36(38)39/h11-12,35H,3-10,13-34H2,1-2H3,(H,38,39)/b12-11-. The van der Waals surface area contributed by atoms with E-state index >= 15 is 0 Å². The molecule has 0 rings (SSSR count). The fourth-order valence-electron chi connectivity index (χ4n) is 5.52. The zero-order valence-corrected chi connectivity index (χ0v) is 27.6. The van der Waals surface area contributed by atoms with Crippen LogP contribution < -0.4 is 0 Å². The van der Waals surface area contributed by atoms with Crippen molar-refractivity contribution >= 4 is 11.9 Å². The summed E-state index contributed by atoms with van der Waals surface area (Å²) in [4.78, 5) is 22.8. The highest BCUT2D eigenvalue weighted by Crippen LogP contribution is 2.16. The molecule has 1 unspecified atom stereocenters. The van der Waals surface area contributed by atoms with Crippen molar-refractivity contribution in [2.24, 2.45) is 0 Å². The number of carboxylic acid groups (broad SMARTS) is 1. The van der Waals surface area contributed by atoms with Crippen LogP contribution in [0.1, 0.15) is 206 Å². The molecule has 0 bridgehead atoms. The average molecular weight is 579 g/mol. The van der Waals surface area contributed by atoms with E-state index in [2.05, 4.69) is 26.0 Å². The number of carbonyl (C=O) groups is 2. The Kier molecular flexibility index (Phi) is 32.1. The van der Waals surface area contributed by atoms with E-state index in [4.69, 9.17) is 9.84 Å². The first-order valence-electron chi connectivity index (χ1n) is 18.2. The van der Waals surface area contributed by atoms with E-state index in [-0.39, 0.29) is 12.1 Å². The van der Waals surface area contributed by atoms with Gasteiger partial charge in [-0.3, -0.25) is 9.59 Å². The van der Waals surface area contributed by atoms with Gasteiger partial charge in [-0.25, -0.2) is 0 Å². The molecule has 4 nitrogen and oxygen atoms in total. The maximum Gasteiger partial charge on any atom is 0.306 e. The molecule has 1 N–H and O–H groups in total. The number of hydrogen-bond donors (Lipinski definition) is 1. The van der Waals surface area contributed by atoms with Crippen molar-refractivity contribution in [3.05, 3.63) is 12.2 Å². The van der Waals surface area contributed by atoms with Crippen LogP contribution in [0.3, 0.4) is 0 Å². The number of allylic oxidation sites excluding steroid dienone is 2.